The van der Waals surface area contributed by atoms with E-state index < -0.39 is 0 Å². The molecular weight excluding hydrogens is 278 g/mol. The van der Waals surface area contributed by atoms with Crippen LogP contribution in [0.5, 0.6) is 0 Å². The lowest BCUT2D eigenvalue weighted by atomic mass is 9.63. The fraction of sp³-hybridized carbons (Fsp3) is 0.864. The zero-order valence-electron chi connectivity index (χ0n) is 15.5. The Hall–Kier alpha value is -0.770. The minimum Gasteiger partial charge on any atom is -0.198 e. The molecule has 0 amide bonds. The van der Waals surface area contributed by atoms with Crippen molar-refractivity contribution < 1.29 is 0 Å². The molecule has 0 saturated heterocycles. The van der Waals surface area contributed by atoms with Crippen molar-refractivity contribution in [2.45, 2.75) is 97.3 Å². The van der Waals surface area contributed by atoms with Crippen molar-refractivity contribution in [3.05, 3.63) is 12.2 Å². The maximum Gasteiger partial charge on any atom is 0.0689 e. The minimum atomic E-state index is -0.00562. The molecule has 0 aromatic heterocycles. The fourth-order valence-electron chi connectivity index (χ4n) is 5.05. The summed E-state index contributed by atoms with van der Waals surface area (Å²) in [5.41, 5.74) is -0.00562. The molecule has 2 saturated carbocycles. The predicted molar refractivity (Wildman–Crippen MR) is 99.0 cm³/mol. The molecule has 2 aliphatic rings. The van der Waals surface area contributed by atoms with Gasteiger partial charge in [-0.3, -0.25) is 0 Å². The van der Waals surface area contributed by atoms with Crippen molar-refractivity contribution >= 4 is 0 Å². The zero-order chi connectivity index (χ0) is 16.5. The third-order valence-electron chi connectivity index (χ3n) is 6.77. The average molecular weight is 316 g/mol. The molecule has 130 valence electrons. The molecule has 0 N–H and O–H groups in total. The van der Waals surface area contributed by atoms with Gasteiger partial charge in [0.25, 0.3) is 0 Å². The summed E-state index contributed by atoms with van der Waals surface area (Å²) in [5.74, 6) is 2.92. The zero-order valence-corrected chi connectivity index (χ0v) is 15.5. The first-order chi connectivity index (χ1) is 11.2. The molecule has 0 heterocycles. The Morgan fingerprint density at radius 2 is 1.70 bits per heavy atom. The smallest absolute Gasteiger partial charge is 0.0689 e. The van der Waals surface area contributed by atoms with E-state index in [0.29, 0.717) is 0 Å². The summed E-state index contributed by atoms with van der Waals surface area (Å²) in [6.07, 6.45) is 21.6. The first-order valence-electron chi connectivity index (χ1n) is 10.3. The summed E-state index contributed by atoms with van der Waals surface area (Å²) in [7, 11) is 0. The summed E-state index contributed by atoms with van der Waals surface area (Å²) >= 11 is 0. The van der Waals surface area contributed by atoms with Gasteiger partial charge in [-0.05, 0) is 76.0 Å². The van der Waals surface area contributed by atoms with E-state index in [2.05, 4.69) is 32.1 Å². The Morgan fingerprint density at radius 1 is 1.04 bits per heavy atom. The summed E-state index contributed by atoms with van der Waals surface area (Å²) in [5, 5.41) is 9.68. The second-order valence-corrected chi connectivity index (χ2v) is 8.26. The summed E-state index contributed by atoms with van der Waals surface area (Å²) < 4.78 is 0. The normalized spacial score (nSPS) is 35.3. The first-order valence-corrected chi connectivity index (χ1v) is 10.3. The Labute approximate surface area is 144 Å². The molecular formula is C22H37N. The van der Waals surface area contributed by atoms with Crippen LogP contribution in [0.3, 0.4) is 0 Å². The molecule has 0 radical (unpaired) electrons. The average Bonchev–Trinajstić information content (AvgIpc) is 2.61. The molecule has 0 unspecified atom stereocenters. The maximum atomic E-state index is 9.68. The van der Waals surface area contributed by atoms with Crippen LogP contribution >= 0.6 is 0 Å². The van der Waals surface area contributed by atoms with Gasteiger partial charge in [0.1, 0.15) is 0 Å². The van der Waals surface area contributed by atoms with Gasteiger partial charge in [-0.25, -0.2) is 0 Å². The third kappa shape index (κ3) is 5.37. The Morgan fingerprint density at radius 3 is 2.26 bits per heavy atom. The van der Waals surface area contributed by atoms with Crippen molar-refractivity contribution in [2.24, 2.45) is 23.2 Å². The van der Waals surface area contributed by atoms with Crippen molar-refractivity contribution in [2.75, 3.05) is 0 Å². The summed E-state index contributed by atoms with van der Waals surface area (Å²) in [4.78, 5) is 0. The lowest BCUT2D eigenvalue weighted by molar-refractivity contribution is 0.116. The van der Waals surface area contributed by atoms with Crippen LogP contribution in [0.4, 0.5) is 0 Å². The van der Waals surface area contributed by atoms with Crippen molar-refractivity contribution in [3.8, 4) is 6.07 Å². The van der Waals surface area contributed by atoms with Gasteiger partial charge >= 0.3 is 0 Å². The second kappa shape index (κ2) is 9.51. The molecule has 0 bridgehead atoms. The van der Waals surface area contributed by atoms with Gasteiger partial charge in [0.2, 0.25) is 0 Å². The molecule has 0 atom stereocenters. The van der Waals surface area contributed by atoms with Gasteiger partial charge in [-0.1, -0.05) is 51.2 Å². The van der Waals surface area contributed by atoms with E-state index in [9.17, 15) is 5.26 Å². The fourth-order valence-corrected chi connectivity index (χ4v) is 5.05. The SMILES string of the molecule is C/C=C\CCC1(C#N)CCC(C2CCC(CCCC)CC2)CC1. The summed E-state index contributed by atoms with van der Waals surface area (Å²) in [6.45, 7) is 4.39. The van der Waals surface area contributed by atoms with Crippen LogP contribution in [-0.4, -0.2) is 0 Å². The van der Waals surface area contributed by atoms with Crippen LogP contribution in [-0.2, 0) is 0 Å². The molecule has 23 heavy (non-hydrogen) atoms. The highest BCUT2D eigenvalue weighted by Gasteiger charge is 2.38. The number of rotatable bonds is 7. The highest BCUT2D eigenvalue weighted by molar-refractivity contribution is 5.03. The van der Waals surface area contributed by atoms with Crippen molar-refractivity contribution in [3.63, 3.8) is 0 Å². The van der Waals surface area contributed by atoms with Crippen LogP contribution in [0.15, 0.2) is 12.2 Å². The van der Waals surface area contributed by atoms with E-state index in [0.717, 1.165) is 43.4 Å². The van der Waals surface area contributed by atoms with Gasteiger partial charge in [-0.2, -0.15) is 5.26 Å². The Bertz CT molecular complexity index is 387. The third-order valence-corrected chi connectivity index (χ3v) is 6.77. The van der Waals surface area contributed by atoms with Gasteiger partial charge in [0, 0.05) is 0 Å². The highest BCUT2D eigenvalue weighted by atomic mass is 14.4. The summed E-state index contributed by atoms with van der Waals surface area (Å²) in [6, 6.07) is 2.70. The topological polar surface area (TPSA) is 23.8 Å². The van der Waals surface area contributed by atoms with Crippen molar-refractivity contribution in [1.82, 2.24) is 0 Å². The lowest BCUT2D eigenvalue weighted by Gasteiger charge is -2.40. The van der Waals surface area contributed by atoms with Gasteiger partial charge in [-0.15, -0.1) is 0 Å². The van der Waals surface area contributed by atoms with Gasteiger partial charge in [0.15, 0.2) is 0 Å². The number of nitrogens with zero attached hydrogens (tertiary/aromatic N) is 1. The van der Waals surface area contributed by atoms with Crippen LogP contribution < -0.4 is 0 Å². The minimum absolute atomic E-state index is 0.00562. The number of hydrogen-bond acceptors (Lipinski definition) is 1. The van der Waals surface area contributed by atoms with Gasteiger partial charge in [0.05, 0.1) is 11.5 Å². The van der Waals surface area contributed by atoms with Crippen LogP contribution in [0.1, 0.15) is 97.3 Å². The van der Waals surface area contributed by atoms with Crippen molar-refractivity contribution in [1.29, 1.82) is 5.26 Å². The Kier molecular flexibility index (Phi) is 7.68. The lowest BCUT2D eigenvalue weighted by Crippen LogP contribution is -2.31. The Balaban J connectivity index is 1.75. The van der Waals surface area contributed by atoms with E-state index in [1.54, 1.807) is 0 Å². The van der Waals surface area contributed by atoms with E-state index in [1.165, 1.54) is 57.8 Å². The maximum absolute atomic E-state index is 9.68. The molecule has 0 aliphatic heterocycles. The number of nitriles is 1. The molecule has 2 rings (SSSR count). The van der Waals surface area contributed by atoms with E-state index in [1.807, 2.05) is 0 Å². The first kappa shape index (κ1) is 18.6. The van der Waals surface area contributed by atoms with Gasteiger partial charge < -0.3 is 0 Å². The molecule has 0 spiro atoms. The predicted octanol–water partition coefficient (Wildman–Crippen LogP) is 7.04. The van der Waals surface area contributed by atoms with Crippen LogP contribution in [0.25, 0.3) is 0 Å². The van der Waals surface area contributed by atoms with E-state index >= 15 is 0 Å². The molecule has 1 heteroatoms. The molecule has 0 aromatic carbocycles. The second-order valence-electron chi connectivity index (χ2n) is 8.26. The monoisotopic (exact) mass is 315 g/mol. The van der Waals surface area contributed by atoms with E-state index in [4.69, 9.17) is 0 Å². The molecule has 0 aromatic rings. The highest BCUT2D eigenvalue weighted by Crippen LogP contribution is 2.47. The standard InChI is InChI=1S/C22H37N/c1-3-5-7-15-22(18-23)16-13-21(14-17-22)20-11-9-19(10-12-20)8-6-4-2/h3,5,19-21H,4,6-17H2,1-2H3/b5-3-. The number of hydrogen-bond donors (Lipinski definition) is 0. The molecule has 1 nitrogen and oxygen atoms in total. The largest absolute Gasteiger partial charge is 0.198 e. The van der Waals surface area contributed by atoms with E-state index in [-0.39, 0.29) is 5.41 Å². The number of unbranched alkanes of at least 4 members (excludes halogenated alkanes) is 1. The molecule has 2 aliphatic carbocycles. The van der Waals surface area contributed by atoms with Crippen LogP contribution in [0.2, 0.25) is 0 Å². The molecule has 2 fully saturated rings. The van der Waals surface area contributed by atoms with Crippen LogP contribution in [0, 0.1) is 34.5 Å². The number of allylic oxidation sites excluding steroid dienone is 2. The quantitative estimate of drug-likeness (QED) is 0.462.